The molecule has 0 saturated heterocycles. The summed E-state index contributed by atoms with van der Waals surface area (Å²) >= 11 is 2.88. The van der Waals surface area contributed by atoms with E-state index in [1.807, 2.05) is 18.4 Å². The fraction of sp³-hybridized carbons (Fsp3) is 0.200. The predicted octanol–water partition coefficient (Wildman–Crippen LogP) is 4.06. The van der Waals surface area contributed by atoms with Gasteiger partial charge in [0.1, 0.15) is 5.82 Å². The summed E-state index contributed by atoms with van der Waals surface area (Å²) in [4.78, 5) is 16.5. The predicted molar refractivity (Wildman–Crippen MR) is 86.4 cm³/mol. The highest BCUT2D eigenvalue weighted by Crippen LogP contribution is 2.22. The number of hydrogen-bond donors (Lipinski definition) is 1. The lowest BCUT2D eigenvalue weighted by molar-refractivity contribution is -0.115. The Morgan fingerprint density at radius 2 is 2.10 bits per heavy atom. The lowest BCUT2D eigenvalue weighted by Crippen LogP contribution is -2.12. The number of halogens is 1. The van der Waals surface area contributed by atoms with Gasteiger partial charge in [-0.15, -0.1) is 23.5 Å². The number of anilines is 1. The SMILES string of the molecule is CSc1ccc(NC(=O)CCSc2ccccc2F)cn1. The minimum Gasteiger partial charge on any atom is -0.325 e. The standard InChI is InChI=1S/C15H15FN2OS2/c1-20-15-7-6-11(10-17-15)18-14(19)8-9-21-13-5-3-2-4-12(13)16/h2-7,10H,8-9H2,1H3,(H,18,19). The molecule has 110 valence electrons. The van der Waals surface area contributed by atoms with Crippen LogP contribution in [-0.4, -0.2) is 22.9 Å². The number of benzene rings is 1. The summed E-state index contributed by atoms with van der Waals surface area (Å²) < 4.78 is 13.4. The number of aromatic nitrogens is 1. The maximum atomic E-state index is 13.4. The second kappa shape index (κ2) is 8.05. The Morgan fingerprint density at radius 1 is 1.29 bits per heavy atom. The first kappa shape index (κ1) is 15.9. The quantitative estimate of drug-likeness (QED) is 0.814. The molecule has 0 bridgehead atoms. The molecule has 2 aromatic rings. The number of carbonyl (C=O) groups excluding carboxylic acids is 1. The van der Waals surface area contributed by atoms with E-state index in [1.165, 1.54) is 17.8 Å². The summed E-state index contributed by atoms with van der Waals surface area (Å²) in [5.74, 6) is 0.181. The van der Waals surface area contributed by atoms with Gasteiger partial charge in [-0.05, 0) is 30.5 Å². The van der Waals surface area contributed by atoms with Crippen molar-refractivity contribution in [3.05, 3.63) is 48.4 Å². The zero-order chi connectivity index (χ0) is 15.1. The second-order valence-corrected chi connectivity index (χ2v) is 6.13. The highest BCUT2D eigenvalue weighted by Gasteiger charge is 2.05. The van der Waals surface area contributed by atoms with Crippen molar-refractivity contribution < 1.29 is 9.18 Å². The first-order valence-corrected chi connectivity index (χ1v) is 8.57. The Hall–Kier alpha value is -1.53. The molecule has 0 aliphatic heterocycles. The average Bonchev–Trinajstić information content (AvgIpc) is 2.50. The summed E-state index contributed by atoms with van der Waals surface area (Å²) in [6.45, 7) is 0. The van der Waals surface area contributed by atoms with Gasteiger partial charge in [0, 0.05) is 17.1 Å². The number of rotatable bonds is 6. The molecular weight excluding hydrogens is 307 g/mol. The van der Waals surface area contributed by atoms with E-state index in [4.69, 9.17) is 0 Å². The fourth-order valence-electron chi connectivity index (χ4n) is 1.61. The molecular formula is C15H15FN2OS2. The van der Waals surface area contributed by atoms with E-state index in [9.17, 15) is 9.18 Å². The molecule has 1 amide bonds. The zero-order valence-corrected chi connectivity index (χ0v) is 13.1. The smallest absolute Gasteiger partial charge is 0.225 e. The molecule has 0 unspecified atom stereocenters. The average molecular weight is 322 g/mol. The van der Waals surface area contributed by atoms with Gasteiger partial charge in [-0.3, -0.25) is 4.79 Å². The van der Waals surface area contributed by atoms with Crippen LogP contribution in [0.1, 0.15) is 6.42 Å². The van der Waals surface area contributed by atoms with Gasteiger partial charge in [0.25, 0.3) is 0 Å². The van der Waals surface area contributed by atoms with Gasteiger partial charge in [0.2, 0.25) is 5.91 Å². The van der Waals surface area contributed by atoms with Crippen molar-refractivity contribution in [2.24, 2.45) is 0 Å². The molecule has 0 atom stereocenters. The molecule has 0 aliphatic rings. The van der Waals surface area contributed by atoms with Crippen molar-refractivity contribution >= 4 is 35.1 Å². The minimum absolute atomic E-state index is 0.0995. The molecule has 2 rings (SSSR count). The van der Waals surface area contributed by atoms with Gasteiger partial charge in [-0.1, -0.05) is 12.1 Å². The maximum absolute atomic E-state index is 13.4. The molecule has 0 spiro atoms. The van der Waals surface area contributed by atoms with Crippen LogP contribution in [0.25, 0.3) is 0 Å². The Balaban J connectivity index is 1.78. The number of nitrogens with zero attached hydrogens (tertiary/aromatic N) is 1. The van der Waals surface area contributed by atoms with Crippen LogP contribution < -0.4 is 5.32 Å². The summed E-state index contributed by atoms with van der Waals surface area (Å²) in [6, 6.07) is 10.2. The van der Waals surface area contributed by atoms with Crippen LogP contribution in [-0.2, 0) is 4.79 Å². The van der Waals surface area contributed by atoms with Crippen molar-refractivity contribution in [3.8, 4) is 0 Å². The Bertz CT molecular complexity index is 605. The number of thioether (sulfide) groups is 2. The van der Waals surface area contributed by atoms with Crippen molar-refractivity contribution in [2.75, 3.05) is 17.3 Å². The molecule has 3 nitrogen and oxygen atoms in total. The van der Waals surface area contributed by atoms with E-state index in [0.717, 1.165) is 5.03 Å². The Kier molecular flexibility index (Phi) is 6.07. The van der Waals surface area contributed by atoms with E-state index >= 15 is 0 Å². The monoisotopic (exact) mass is 322 g/mol. The first-order valence-electron chi connectivity index (χ1n) is 6.36. The van der Waals surface area contributed by atoms with Gasteiger partial charge in [0.05, 0.1) is 16.9 Å². The van der Waals surface area contributed by atoms with Gasteiger partial charge < -0.3 is 5.32 Å². The number of carbonyl (C=O) groups is 1. The third kappa shape index (κ3) is 5.06. The van der Waals surface area contributed by atoms with Gasteiger partial charge in [-0.2, -0.15) is 0 Å². The summed E-state index contributed by atoms with van der Waals surface area (Å²) in [5, 5.41) is 3.68. The van der Waals surface area contributed by atoms with E-state index in [1.54, 1.807) is 36.2 Å². The van der Waals surface area contributed by atoms with E-state index in [0.29, 0.717) is 22.8 Å². The van der Waals surface area contributed by atoms with Crippen LogP contribution in [0.15, 0.2) is 52.5 Å². The van der Waals surface area contributed by atoms with Crippen molar-refractivity contribution in [1.29, 1.82) is 0 Å². The van der Waals surface area contributed by atoms with Crippen LogP contribution in [0.2, 0.25) is 0 Å². The van der Waals surface area contributed by atoms with E-state index in [2.05, 4.69) is 10.3 Å². The number of nitrogens with one attached hydrogen (secondary N) is 1. The zero-order valence-electron chi connectivity index (χ0n) is 11.5. The molecule has 0 saturated carbocycles. The fourth-order valence-corrected chi connectivity index (χ4v) is 2.86. The molecule has 1 heterocycles. The van der Waals surface area contributed by atoms with Crippen molar-refractivity contribution in [2.45, 2.75) is 16.3 Å². The topological polar surface area (TPSA) is 42.0 Å². The molecule has 1 N–H and O–H groups in total. The third-order valence-corrected chi connectivity index (χ3v) is 4.36. The second-order valence-electron chi connectivity index (χ2n) is 4.17. The highest BCUT2D eigenvalue weighted by atomic mass is 32.2. The van der Waals surface area contributed by atoms with Gasteiger partial charge in [-0.25, -0.2) is 9.37 Å². The number of hydrogen-bond acceptors (Lipinski definition) is 4. The third-order valence-electron chi connectivity index (χ3n) is 2.65. The summed E-state index contributed by atoms with van der Waals surface area (Å²) in [5.41, 5.74) is 0.675. The van der Waals surface area contributed by atoms with Crippen LogP contribution in [0.4, 0.5) is 10.1 Å². The van der Waals surface area contributed by atoms with Crippen LogP contribution in [0.5, 0.6) is 0 Å². The molecule has 1 aromatic carbocycles. The molecule has 0 fully saturated rings. The van der Waals surface area contributed by atoms with Gasteiger partial charge >= 0.3 is 0 Å². The largest absolute Gasteiger partial charge is 0.325 e. The first-order chi connectivity index (χ1) is 10.2. The minimum atomic E-state index is -0.250. The van der Waals surface area contributed by atoms with E-state index in [-0.39, 0.29) is 11.7 Å². The van der Waals surface area contributed by atoms with Crippen molar-refractivity contribution in [1.82, 2.24) is 4.98 Å². The molecule has 0 radical (unpaired) electrons. The Labute approximate surface area is 131 Å². The summed E-state index contributed by atoms with van der Waals surface area (Å²) in [6.07, 6.45) is 3.90. The van der Waals surface area contributed by atoms with Crippen molar-refractivity contribution in [3.63, 3.8) is 0 Å². The van der Waals surface area contributed by atoms with Crippen LogP contribution in [0.3, 0.4) is 0 Å². The summed E-state index contributed by atoms with van der Waals surface area (Å²) in [7, 11) is 0. The lowest BCUT2D eigenvalue weighted by atomic mass is 10.3. The van der Waals surface area contributed by atoms with Crippen LogP contribution in [0, 0.1) is 5.82 Å². The van der Waals surface area contributed by atoms with E-state index < -0.39 is 0 Å². The normalized spacial score (nSPS) is 10.4. The molecule has 6 heteroatoms. The number of amides is 1. The molecule has 1 aromatic heterocycles. The van der Waals surface area contributed by atoms with Gasteiger partial charge in [0.15, 0.2) is 0 Å². The Morgan fingerprint density at radius 3 is 2.76 bits per heavy atom. The van der Waals surface area contributed by atoms with Crippen LogP contribution >= 0.6 is 23.5 Å². The highest BCUT2D eigenvalue weighted by molar-refractivity contribution is 7.99. The molecule has 21 heavy (non-hydrogen) atoms. The maximum Gasteiger partial charge on any atom is 0.225 e. The number of pyridine rings is 1. The molecule has 0 aliphatic carbocycles. The lowest BCUT2D eigenvalue weighted by Gasteiger charge is -2.06.